The summed E-state index contributed by atoms with van der Waals surface area (Å²) in [4.78, 5) is 0.388. The van der Waals surface area contributed by atoms with Crippen LogP contribution in [0.2, 0.25) is 5.02 Å². The molecular formula is C7H7ClF3NS. The minimum Gasteiger partial charge on any atom is -0.323 e. The summed E-state index contributed by atoms with van der Waals surface area (Å²) in [5.41, 5.74) is 5.33. The zero-order valence-corrected chi connectivity index (χ0v) is 8.01. The fraction of sp³-hybridized carbons (Fsp3) is 0.429. The van der Waals surface area contributed by atoms with Gasteiger partial charge in [-0.05, 0) is 11.4 Å². The molecule has 0 aliphatic heterocycles. The van der Waals surface area contributed by atoms with Crippen LogP contribution >= 0.6 is 22.9 Å². The van der Waals surface area contributed by atoms with Crippen LogP contribution in [0.25, 0.3) is 0 Å². The average molecular weight is 230 g/mol. The Morgan fingerprint density at radius 2 is 2.15 bits per heavy atom. The summed E-state index contributed by atoms with van der Waals surface area (Å²) >= 11 is 6.77. The fourth-order valence-electron chi connectivity index (χ4n) is 0.912. The third-order valence-corrected chi connectivity index (χ3v) is 2.92. The van der Waals surface area contributed by atoms with Gasteiger partial charge in [0.05, 0.1) is 11.4 Å². The molecule has 0 radical (unpaired) electrons. The van der Waals surface area contributed by atoms with Crippen molar-refractivity contribution in [2.75, 3.05) is 0 Å². The van der Waals surface area contributed by atoms with E-state index in [0.717, 1.165) is 11.3 Å². The van der Waals surface area contributed by atoms with E-state index in [0.29, 0.717) is 9.90 Å². The first kappa shape index (κ1) is 10.8. The Hall–Kier alpha value is -0.260. The van der Waals surface area contributed by atoms with Gasteiger partial charge in [-0.1, -0.05) is 11.6 Å². The lowest BCUT2D eigenvalue weighted by Crippen LogP contribution is -2.19. The number of thiophene rings is 1. The standard InChI is InChI=1S/C7H7ClF3NS/c8-4-1-2-13-6(4)5(12)3-7(9,10)11/h1-2,5H,3,12H2/t5-/m0/s1. The van der Waals surface area contributed by atoms with Crippen LogP contribution in [0.4, 0.5) is 13.2 Å². The van der Waals surface area contributed by atoms with E-state index in [1.165, 1.54) is 6.07 Å². The molecule has 2 N–H and O–H groups in total. The molecule has 0 fully saturated rings. The van der Waals surface area contributed by atoms with E-state index in [9.17, 15) is 13.2 Å². The first-order chi connectivity index (χ1) is 5.90. The predicted octanol–water partition coefficient (Wildman–Crippen LogP) is 3.35. The van der Waals surface area contributed by atoms with Gasteiger partial charge in [0.2, 0.25) is 0 Å². The topological polar surface area (TPSA) is 26.0 Å². The first-order valence-corrected chi connectivity index (χ1v) is 4.71. The summed E-state index contributed by atoms with van der Waals surface area (Å²) in [6.07, 6.45) is -5.28. The maximum Gasteiger partial charge on any atom is 0.390 e. The minimum atomic E-state index is -4.24. The van der Waals surface area contributed by atoms with Crippen LogP contribution in [0.5, 0.6) is 0 Å². The van der Waals surface area contributed by atoms with Crippen LogP contribution in [0.3, 0.4) is 0 Å². The number of alkyl halides is 3. The Labute approximate surface area is 82.3 Å². The summed E-state index contributed by atoms with van der Waals surface area (Å²) in [5.74, 6) is 0. The molecule has 1 atom stereocenters. The normalized spacial score (nSPS) is 14.5. The molecule has 1 aromatic heterocycles. The van der Waals surface area contributed by atoms with E-state index < -0.39 is 18.6 Å². The molecule has 0 spiro atoms. The van der Waals surface area contributed by atoms with E-state index in [4.69, 9.17) is 17.3 Å². The quantitative estimate of drug-likeness (QED) is 0.827. The molecule has 1 nitrogen and oxygen atoms in total. The summed E-state index contributed by atoms with van der Waals surface area (Å²) in [7, 11) is 0. The molecule has 6 heteroatoms. The van der Waals surface area contributed by atoms with Crippen molar-refractivity contribution in [3.8, 4) is 0 Å². The van der Waals surface area contributed by atoms with Crippen molar-refractivity contribution in [3.05, 3.63) is 21.3 Å². The average Bonchev–Trinajstić information content (AvgIpc) is 2.30. The largest absolute Gasteiger partial charge is 0.390 e. The number of nitrogens with two attached hydrogens (primary N) is 1. The van der Waals surface area contributed by atoms with E-state index >= 15 is 0 Å². The highest BCUT2D eigenvalue weighted by molar-refractivity contribution is 7.10. The van der Waals surface area contributed by atoms with E-state index in [1.807, 2.05) is 0 Å². The van der Waals surface area contributed by atoms with Gasteiger partial charge in [-0.3, -0.25) is 0 Å². The SMILES string of the molecule is N[C@@H](CC(F)(F)F)c1sccc1Cl. The van der Waals surface area contributed by atoms with Crippen LogP contribution in [-0.4, -0.2) is 6.18 Å². The summed E-state index contributed by atoms with van der Waals surface area (Å²) < 4.78 is 35.7. The summed E-state index contributed by atoms with van der Waals surface area (Å²) in [6, 6.07) is 0.491. The molecule has 0 aliphatic rings. The van der Waals surface area contributed by atoms with Gasteiger partial charge in [-0.15, -0.1) is 11.3 Å². The van der Waals surface area contributed by atoms with Gasteiger partial charge >= 0.3 is 6.18 Å². The number of hydrogen-bond donors (Lipinski definition) is 1. The fourth-order valence-corrected chi connectivity index (χ4v) is 2.11. The smallest absolute Gasteiger partial charge is 0.323 e. The number of halogens is 4. The highest BCUT2D eigenvalue weighted by Gasteiger charge is 2.31. The van der Waals surface area contributed by atoms with Crippen molar-refractivity contribution < 1.29 is 13.2 Å². The van der Waals surface area contributed by atoms with Crippen molar-refractivity contribution in [2.24, 2.45) is 5.73 Å². The predicted molar refractivity (Wildman–Crippen MR) is 46.9 cm³/mol. The van der Waals surface area contributed by atoms with Crippen molar-refractivity contribution in [2.45, 2.75) is 18.6 Å². The second kappa shape index (κ2) is 3.86. The van der Waals surface area contributed by atoms with Crippen molar-refractivity contribution in [1.29, 1.82) is 0 Å². The minimum absolute atomic E-state index is 0.307. The highest BCUT2D eigenvalue weighted by atomic mass is 35.5. The van der Waals surface area contributed by atoms with Crippen LogP contribution < -0.4 is 5.73 Å². The van der Waals surface area contributed by atoms with Crippen LogP contribution in [0.1, 0.15) is 17.3 Å². The zero-order valence-electron chi connectivity index (χ0n) is 6.44. The first-order valence-electron chi connectivity index (χ1n) is 3.45. The molecule has 0 aromatic carbocycles. The molecule has 13 heavy (non-hydrogen) atoms. The maximum absolute atomic E-state index is 11.9. The van der Waals surface area contributed by atoms with Gasteiger partial charge in [0, 0.05) is 10.9 Å². The molecule has 0 amide bonds. The van der Waals surface area contributed by atoms with Gasteiger partial charge in [-0.2, -0.15) is 13.2 Å². The molecule has 0 saturated carbocycles. The Morgan fingerprint density at radius 1 is 1.54 bits per heavy atom. The lowest BCUT2D eigenvalue weighted by atomic mass is 10.2. The lowest BCUT2D eigenvalue weighted by molar-refractivity contribution is -0.138. The van der Waals surface area contributed by atoms with Crippen LogP contribution in [0.15, 0.2) is 11.4 Å². The molecule has 1 aromatic rings. The summed E-state index contributed by atoms with van der Waals surface area (Å²) in [5, 5.41) is 1.93. The highest BCUT2D eigenvalue weighted by Crippen LogP contribution is 2.34. The number of hydrogen-bond acceptors (Lipinski definition) is 2. The Morgan fingerprint density at radius 3 is 2.54 bits per heavy atom. The van der Waals surface area contributed by atoms with Crippen LogP contribution in [0, 0.1) is 0 Å². The lowest BCUT2D eigenvalue weighted by Gasteiger charge is -2.12. The van der Waals surface area contributed by atoms with Gasteiger partial charge in [0.15, 0.2) is 0 Å². The summed E-state index contributed by atoms with van der Waals surface area (Å²) in [6.45, 7) is 0. The second-order valence-electron chi connectivity index (χ2n) is 2.56. The van der Waals surface area contributed by atoms with E-state index in [1.54, 1.807) is 5.38 Å². The molecule has 74 valence electrons. The molecule has 0 saturated heterocycles. The molecule has 0 unspecified atom stereocenters. The van der Waals surface area contributed by atoms with Crippen molar-refractivity contribution in [1.82, 2.24) is 0 Å². The molecular weight excluding hydrogens is 223 g/mol. The van der Waals surface area contributed by atoms with Gasteiger partial charge in [0.25, 0.3) is 0 Å². The Bertz CT molecular complexity index is 284. The van der Waals surface area contributed by atoms with E-state index in [-0.39, 0.29) is 0 Å². The monoisotopic (exact) mass is 229 g/mol. The maximum atomic E-state index is 11.9. The Kier molecular flexibility index (Phi) is 3.21. The van der Waals surface area contributed by atoms with Crippen molar-refractivity contribution >= 4 is 22.9 Å². The van der Waals surface area contributed by atoms with Crippen molar-refractivity contribution in [3.63, 3.8) is 0 Å². The van der Waals surface area contributed by atoms with Gasteiger partial charge < -0.3 is 5.73 Å². The third-order valence-electron chi connectivity index (χ3n) is 1.43. The van der Waals surface area contributed by atoms with E-state index in [2.05, 4.69) is 0 Å². The van der Waals surface area contributed by atoms with Gasteiger partial charge in [-0.25, -0.2) is 0 Å². The third kappa shape index (κ3) is 3.17. The molecule has 1 rings (SSSR count). The zero-order chi connectivity index (χ0) is 10.1. The van der Waals surface area contributed by atoms with Crippen LogP contribution in [-0.2, 0) is 0 Å². The number of rotatable bonds is 2. The molecule has 0 bridgehead atoms. The Balaban J connectivity index is 2.69. The molecule has 1 heterocycles. The second-order valence-corrected chi connectivity index (χ2v) is 3.91. The van der Waals surface area contributed by atoms with Gasteiger partial charge in [0.1, 0.15) is 0 Å². The molecule has 0 aliphatic carbocycles.